The molecule has 3 atom stereocenters. The number of pyridine rings is 1. The molecule has 0 spiro atoms. The monoisotopic (exact) mass is 470 g/mol. The summed E-state index contributed by atoms with van der Waals surface area (Å²) in [4.78, 5) is 20.0. The van der Waals surface area contributed by atoms with Gasteiger partial charge in [-0.3, -0.25) is 9.78 Å². The largest absolute Gasteiger partial charge is 0.450 e. The number of hydrogen-bond donors (Lipinski definition) is 2. The van der Waals surface area contributed by atoms with Crippen molar-refractivity contribution in [3.63, 3.8) is 0 Å². The number of carbonyl (C=O) groups excluding carboxylic acids is 1. The smallest absolute Gasteiger partial charge is 0.287 e. The van der Waals surface area contributed by atoms with Crippen LogP contribution in [-0.4, -0.2) is 51.9 Å². The second-order valence-corrected chi connectivity index (χ2v) is 10.1. The standard InChI is InChI=1S/C28H30N4O3/c1-32-21-3-2-4-22(32)15-20(14-21)30-28(33)26-16-24(27(35-26)17-9-11-29-12-10-17)19-5-7-23-18(13-19)6-8-25(23)31-34/h5,7,9-13,16,20-22,34H,2-4,6,8,14-15H2,1H3,(H,30,33)/t20?,21-,22+. The number of fused-ring (bicyclic) bond motifs is 3. The summed E-state index contributed by atoms with van der Waals surface area (Å²) in [5.74, 6) is 0.829. The molecule has 6 rings (SSSR count). The van der Waals surface area contributed by atoms with E-state index in [1.54, 1.807) is 12.4 Å². The Labute approximate surface area is 204 Å². The summed E-state index contributed by atoms with van der Waals surface area (Å²) >= 11 is 0. The van der Waals surface area contributed by atoms with Crippen LogP contribution in [0.5, 0.6) is 0 Å². The molecule has 4 heterocycles. The fraction of sp³-hybridized carbons (Fsp3) is 0.393. The summed E-state index contributed by atoms with van der Waals surface area (Å²) in [5, 5.41) is 16.0. The predicted octanol–water partition coefficient (Wildman–Crippen LogP) is 4.88. The summed E-state index contributed by atoms with van der Waals surface area (Å²) in [6.07, 6.45) is 10.7. The maximum Gasteiger partial charge on any atom is 0.287 e. The molecule has 35 heavy (non-hydrogen) atoms. The van der Waals surface area contributed by atoms with Crippen LogP contribution in [0.15, 0.2) is 58.4 Å². The first-order chi connectivity index (χ1) is 17.1. The number of rotatable bonds is 4. The summed E-state index contributed by atoms with van der Waals surface area (Å²) in [5.41, 5.74) is 5.57. The van der Waals surface area contributed by atoms with E-state index in [1.165, 1.54) is 19.3 Å². The van der Waals surface area contributed by atoms with Gasteiger partial charge in [-0.2, -0.15) is 0 Å². The summed E-state index contributed by atoms with van der Waals surface area (Å²) < 4.78 is 6.22. The third-order valence-electron chi connectivity index (χ3n) is 8.05. The van der Waals surface area contributed by atoms with Gasteiger partial charge in [0.25, 0.3) is 5.91 Å². The lowest BCUT2D eigenvalue weighted by Gasteiger charge is -2.47. The third kappa shape index (κ3) is 4.04. The van der Waals surface area contributed by atoms with Crippen LogP contribution in [0, 0.1) is 0 Å². The SMILES string of the molecule is CN1[C@@H]2CCC[C@H]1CC(NC(=O)c1cc(-c3ccc4c(c3)CCC4=NO)c(-c3ccncc3)o1)C2. The maximum absolute atomic E-state index is 13.3. The van der Waals surface area contributed by atoms with Crippen molar-refractivity contribution < 1.29 is 14.4 Å². The molecule has 1 aromatic carbocycles. The van der Waals surface area contributed by atoms with Crippen molar-refractivity contribution in [1.29, 1.82) is 0 Å². The first-order valence-corrected chi connectivity index (χ1v) is 12.5. The number of amides is 1. The first-order valence-electron chi connectivity index (χ1n) is 12.5. The van der Waals surface area contributed by atoms with E-state index in [0.717, 1.165) is 59.2 Å². The molecule has 3 aromatic rings. The topological polar surface area (TPSA) is 91.0 Å². The van der Waals surface area contributed by atoms with E-state index in [1.807, 2.05) is 30.3 Å². The average Bonchev–Trinajstić information content (AvgIpc) is 3.49. The predicted molar refractivity (Wildman–Crippen MR) is 134 cm³/mol. The Hall–Kier alpha value is -3.45. The molecule has 2 fully saturated rings. The van der Waals surface area contributed by atoms with Gasteiger partial charge < -0.3 is 19.8 Å². The Balaban J connectivity index is 1.32. The molecular weight excluding hydrogens is 440 g/mol. The fourth-order valence-corrected chi connectivity index (χ4v) is 6.17. The molecule has 0 radical (unpaired) electrons. The Morgan fingerprint density at radius 2 is 1.83 bits per heavy atom. The highest BCUT2D eigenvalue weighted by Gasteiger charge is 2.37. The quantitative estimate of drug-likeness (QED) is 0.419. The van der Waals surface area contributed by atoms with E-state index in [0.29, 0.717) is 23.6 Å². The van der Waals surface area contributed by atoms with Crippen molar-refractivity contribution >= 4 is 11.6 Å². The van der Waals surface area contributed by atoms with E-state index < -0.39 is 0 Å². The third-order valence-corrected chi connectivity index (χ3v) is 8.05. The van der Waals surface area contributed by atoms with Crippen molar-refractivity contribution in [3.05, 3.63) is 65.7 Å². The number of carbonyl (C=O) groups is 1. The zero-order chi connectivity index (χ0) is 23.9. The minimum atomic E-state index is -0.157. The van der Waals surface area contributed by atoms with Crippen molar-refractivity contribution in [2.45, 2.75) is 63.1 Å². The Morgan fingerprint density at radius 1 is 1.06 bits per heavy atom. The lowest BCUT2D eigenvalue weighted by molar-refractivity contribution is 0.0457. The van der Waals surface area contributed by atoms with Gasteiger partial charge in [-0.1, -0.05) is 29.8 Å². The molecule has 7 nitrogen and oxygen atoms in total. The molecule has 1 unspecified atom stereocenters. The highest BCUT2D eigenvalue weighted by molar-refractivity contribution is 6.05. The summed E-state index contributed by atoms with van der Waals surface area (Å²) in [6, 6.07) is 13.0. The lowest BCUT2D eigenvalue weighted by Crippen LogP contribution is -2.55. The van der Waals surface area contributed by atoms with E-state index in [2.05, 4.69) is 33.5 Å². The van der Waals surface area contributed by atoms with Gasteiger partial charge in [0.05, 0.1) is 5.71 Å². The minimum absolute atomic E-state index is 0.157. The molecule has 2 aliphatic heterocycles. The lowest BCUT2D eigenvalue weighted by atomic mass is 9.82. The number of aryl methyl sites for hydroxylation is 1. The molecule has 0 saturated carbocycles. The van der Waals surface area contributed by atoms with E-state index in [-0.39, 0.29) is 11.9 Å². The molecule has 1 aliphatic carbocycles. The Morgan fingerprint density at radius 3 is 2.57 bits per heavy atom. The van der Waals surface area contributed by atoms with Crippen LogP contribution in [-0.2, 0) is 6.42 Å². The normalized spacial score (nSPS) is 24.9. The van der Waals surface area contributed by atoms with Gasteiger partial charge in [-0.05, 0) is 74.9 Å². The average molecular weight is 471 g/mol. The van der Waals surface area contributed by atoms with Crippen LogP contribution in [0.3, 0.4) is 0 Å². The number of aromatic nitrogens is 1. The molecular formula is C28H30N4O3. The van der Waals surface area contributed by atoms with Crippen molar-refractivity contribution in [2.24, 2.45) is 5.16 Å². The van der Waals surface area contributed by atoms with Crippen molar-refractivity contribution in [1.82, 2.24) is 15.2 Å². The summed E-state index contributed by atoms with van der Waals surface area (Å²) in [6.45, 7) is 0. The molecule has 1 amide bonds. The minimum Gasteiger partial charge on any atom is -0.450 e. The van der Waals surface area contributed by atoms with Crippen molar-refractivity contribution in [2.75, 3.05) is 7.05 Å². The number of nitrogens with zero attached hydrogens (tertiary/aromatic N) is 3. The molecule has 7 heteroatoms. The van der Waals surface area contributed by atoms with Gasteiger partial charge in [0.2, 0.25) is 0 Å². The van der Waals surface area contributed by atoms with Crippen LogP contribution in [0.25, 0.3) is 22.5 Å². The maximum atomic E-state index is 13.3. The molecule has 180 valence electrons. The Bertz CT molecular complexity index is 1270. The highest BCUT2D eigenvalue weighted by Crippen LogP contribution is 2.38. The summed E-state index contributed by atoms with van der Waals surface area (Å²) in [7, 11) is 2.22. The van der Waals surface area contributed by atoms with Gasteiger partial charge in [0.15, 0.2) is 5.76 Å². The number of nitrogens with one attached hydrogen (secondary N) is 1. The Kier molecular flexibility index (Phi) is 5.65. The van der Waals surface area contributed by atoms with Gasteiger partial charge >= 0.3 is 0 Å². The van der Waals surface area contributed by atoms with E-state index >= 15 is 0 Å². The number of piperidine rings is 2. The van der Waals surface area contributed by atoms with Gasteiger partial charge in [0.1, 0.15) is 5.76 Å². The van der Waals surface area contributed by atoms with Crippen LogP contribution < -0.4 is 5.32 Å². The van der Waals surface area contributed by atoms with Crippen LogP contribution in [0.1, 0.15) is 60.2 Å². The second-order valence-electron chi connectivity index (χ2n) is 10.1. The van der Waals surface area contributed by atoms with Crippen LogP contribution in [0.2, 0.25) is 0 Å². The molecule has 2 aromatic heterocycles. The zero-order valence-electron chi connectivity index (χ0n) is 19.9. The molecule has 3 aliphatic rings. The molecule has 2 bridgehead atoms. The zero-order valence-corrected chi connectivity index (χ0v) is 19.9. The number of benzene rings is 1. The molecule has 2 N–H and O–H groups in total. The second kappa shape index (κ2) is 8.96. The van der Waals surface area contributed by atoms with Crippen LogP contribution >= 0.6 is 0 Å². The van der Waals surface area contributed by atoms with Gasteiger partial charge in [-0.15, -0.1) is 0 Å². The number of hydrogen-bond acceptors (Lipinski definition) is 6. The number of oxime groups is 1. The van der Waals surface area contributed by atoms with Crippen LogP contribution in [0.4, 0.5) is 0 Å². The molecule has 2 saturated heterocycles. The number of furan rings is 1. The van der Waals surface area contributed by atoms with Crippen molar-refractivity contribution in [3.8, 4) is 22.5 Å². The van der Waals surface area contributed by atoms with Gasteiger partial charge in [0, 0.05) is 47.2 Å². The van der Waals surface area contributed by atoms with E-state index in [9.17, 15) is 10.0 Å². The fourth-order valence-electron chi connectivity index (χ4n) is 6.17. The highest BCUT2D eigenvalue weighted by atomic mass is 16.4. The van der Waals surface area contributed by atoms with Gasteiger partial charge in [-0.25, -0.2) is 0 Å². The van der Waals surface area contributed by atoms with E-state index in [4.69, 9.17) is 4.42 Å². The first kappa shape index (κ1) is 22.0.